The molecule has 0 spiro atoms. The molecule has 5 nitrogen and oxygen atoms in total. The Morgan fingerprint density at radius 1 is 1.21 bits per heavy atom. The number of imidazole rings is 1. The molecule has 1 aromatic carbocycles. The van der Waals surface area contributed by atoms with Crippen molar-refractivity contribution in [2.45, 2.75) is 51.4 Å². The van der Waals surface area contributed by atoms with Gasteiger partial charge in [-0.2, -0.15) is 11.8 Å². The van der Waals surface area contributed by atoms with Crippen molar-refractivity contribution in [2.24, 2.45) is 4.99 Å². The minimum Gasteiger partial charge on any atom is -0.357 e. The highest BCUT2D eigenvalue weighted by Crippen LogP contribution is 2.19. The van der Waals surface area contributed by atoms with Gasteiger partial charge in [0.15, 0.2) is 5.96 Å². The summed E-state index contributed by atoms with van der Waals surface area (Å²) in [5.74, 6) is 1.85. The molecule has 2 rings (SSSR count). The van der Waals surface area contributed by atoms with Gasteiger partial charge in [-0.1, -0.05) is 30.3 Å². The summed E-state index contributed by atoms with van der Waals surface area (Å²) in [6.07, 6.45) is 8.22. The lowest BCUT2D eigenvalue weighted by molar-refractivity contribution is 0.609. The SMILES string of the molecule is CCNC(=NCc1nccn1CCCc1ccccc1)NCC(C)(C)SC.I. The largest absolute Gasteiger partial charge is 0.357 e. The van der Waals surface area contributed by atoms with Crippen LogP contribution in [0.2, 0.25) is 0 Å². The van der Waals surface area contributed by atoms with E-state index in [-0.39, 0.29) is 28.7 Å². The monoisotopic (exact) mass is 515 g/mol. The van der Waals surface area contributed by atoms with Crippen molar-refractivity contribution in [1.82, 2.24) is 20.2 Å². The predicted octanol–water partition coefficient (Wildman–Crippen LogP) is 4.33. The van der Waals surface area contributed by atoms with Gasteiger partial charge in [-0.05, 0) is 45.4 Å². The van der Waals surface area contributed by atoms with Crippen molar-refractivity contribution in [3.05, 3.63) is 54.1 Å². The van der Waals surface area contributed by atoms with Crippen molar-refractivity contribution in [1.29, 1.82) is 0 Å². The van der Waals surface area contributed by atoms with E-state index in [0.717, 1.165) is 44.3 Å². The highest BCUT2D eigenvalue weighted by molar-refractivity contribution is 14.0. The third kappa shape index (κ3) is 8.86. The molecule has 156 valence electrons. The standard InChI is InChI=1S/C21H33N5S.HI/c1-5-22-20(25-17-21(2,3)27-4)24-16-19-23-13-15-26(19)14-9-12-18-10-7-6-8-11-18;/h6-8,10-11,13,15H,5,9,12,14,16-17H2,1-4H3,(H2,22,24,25);1H. The summed E-state index contributed by atoms with van der Waals surface area (Å²) >= 11 is 1.85. The van der Waals surface area contributed by atoms with Crippen LogP contribution in [0.25, 0.3) is 0 Å². The van der Waals surface area contributed by atoms with Gasteiger partial charge in [0.1, 0.15) is 12.4 Å². The number of nitrogens with zero attached hydrogens (tertiary/aromatic N) is 3. The molecule has 1 heterocycles. The molecule has 0 bridgehead atoms. The molecule has 0 aliphatic heterocycles. The zero-order valence-corrected chi connectivity index (χ0v) is 20.6. The second-order valence-corrected chi connectivity index (χ2v) is 8.65. The van der Waals surface area contributed by atoms with E-state index in [2.05, 4.69) is 77.5 Å². The maximum absolute atomic E-state index is 4.72. The molecular formula is C21H34IN5S. The number of hydrogen-bond acceptors (Lipinski definition) is 3. The van der Waals surface area contributed by atoms with Crippen LogP contribution in [0, 0.1) is 0 Å². The Morgan fingerprint density at radius 2 is 1.96 bits per heavy atom. The lowest BCUT2D eigenvalue weighted by atomic mass is 10.1. The van der Waals surface area contributed by atoms with E-state index in [0.29, 0.717) is 6.54 Å². The van der Waals surface area contributed by atoms with Crippen LogP contribution in [0.5, 0.6) is 0 Å². The van der Waals surface area contributed by atoms with E-state index >= 15 is 0 Å². The molecule has 0 fully saturated rings. The number of aliphatic imine (C=N–C) groups is 1. The maximum atomic E-state index is 4.72. The van der Waals surface area contributed by atoms with Crippen LogP contribution in [0.3, 0.4) is 0 Å². The number of halogens is 1. The van der Waals surface area contributed by atoms with Gasteiger partial charge >= 0.3 is 0 Å². The smallest absolute Gasteiger partial charge is 0.191 e. The van der Waals surface area contributed by atoms with E-state index < -0.39 is 0 Å². The van der Waals surface area contributed by atoms with Crippen LogP contribution in [0.4, 0.5) is 0 Å². The lowest BCUT2D eigenvalue weighted by Gasteiger charge is -2.23. The fourth-order valence-corrected chi connectivity index (χ4v) is 2.87. The molecule has 0 saturated carbocycles. The van der Waals surface area contributed by atoms with Crippen LogP contribution < -0.4 is 10.6 Å². The highest BCUT2D eigenvalue weighted by Gasteiger charge is 2.16. The summed E-state index contributed by atoms with van der Waals surface area (Å²) < 4.78 is 2.38. The number of thioether (sulfide) groups is 1. The minimum absolute atomic E-state index is 0. The van der Waals surface area contributed by atoms with Crippen molar-refractivity contribution in [3.8, 4) is 0 Å². The molecule has 7 heteroatoms. The van der Waals surface area contributed by atoms with Gasteiger partial charge in [0.25, 0.3) is 0 Å². The van der Waals surface area contributed by atoms with Gasteiger partial charge in [-0.15, -0.1) is 24.0 Å². The normalized spacial score (nSPS) is 11.8. The molecule has 2 N–H and O–H groups in total. The van der Waals surface area contributed by atoms with Gasteiger partial charge < -0.3 is 15.2 Å². The zero-order chi connectivity index (χ0) is 19.5. The van der Waals surface area contributed by atoms with Gasteiger partial charge in [0.05, 0.1) is 0 Å². The van der Waals surface area contributed by atoms with E-state index in [1.54, 1.807) is 0 Å². The second-order valence-electron chi connectivity index (χ2n) is 7.14. The Morgan fingerprint density at radius 3 is 2.64 bits per heavy atom. The molecule has 0 aliphatic carbocycles. The number of benzene rings is 1. The molecule has 0 radical (unpaired) electrons. The van der Waals surface area contributed by atoms with Crippen molar-refractivity contribution in [2.75, 3.05) is 19.3 Å². The number of nitrogens with one attached hydrogen (secondary N) is 2. The van der Waals surface area contributed by atoms with Crippen LogP contribution >= 0.6 is 35.7 Å². The Balaban J connectivity index is 0.00000392. The fraction of sp³-hybridized carbons (Fsp3) is 0.524. The summed E-state index contributed by atoms with van der Waals surface area (Å²) in [4.78, 5) is 9.22. The molecule has 1 aromatic heterocycles. The Bertz CT molecular complexity index is 700. The second kappa shape index (κ2) is 13.1. The topological polar surface area (TPSA) is 54.2 Å². The molecule has 0 unspecified atom stereocenters. The van der Waals surface area contributed by atoms with Gasteiger partial charge in [0.2, 0.25) is 0 Å². The first-order valence-corrected chi connectivity index (χ1v) is 10.9. The van der Waals surface area contributed by atoms with Gasteiger partial charge in [-0.25, -0.2) is 9.98 Å². The molecule has 28 heavy (non-hydrogen) atoms. The van der Waals surface area contributed by atoms with Crippen molar-refractivity contribution >= 4 is 41.7 Å². The first-order valence-electron chi connectivity index (χ1n) is 9.65. The predicted molar refractivity (Wildman–Crippen MR) is 133 cm³/mol. The molecular weight excluding hydrogens is 481 g/mol. The molecule has 0 saturated heterocycles. The minimum atomic E-state index is 0. The van der Waals surface area contributed by atoms with Crippen LogP contribution in [-0.4, -0.2) is 39.6 Å². The lowest BCUT2D eigenvalue weighted by Crippen LogP contribution is -2.43. The molecule has 2 aromatic rings. The molecule has 0 amide bonds. The van der Waals surface area contributed by atoms with E-state index in [1.165, 1.54) is 5.56 Å². The van der Waals surface area contributed by atoms with Gasteiger partial charge in [0, 0.05) is 36.8 Å². The van der Waals surface area contributed by atoms with Crippen LogP contribution in [0.1, 0.15) is 38.6 Å². The summed E-state index contributed by atoms with van der Waals surface area (Å²) in [5.41, 5.74) is 1.38. The number of guanidine groups is 1. The number of rotatable bonds is 10. The third-order valence-corrected chi connectivity index (χ3v) is 5.72. The fourth-order valence-electron chi connectivity index (χ4n) is 2.65. The molecule has 0 atom stereocenters. The average molecular weight is 516 g/mol. The van der Waals surface area contributed by atoms with Crippen molar-refractivity contribution < 1.29 is 0 Å². The average Bonchev–Trinajstić information content (AvgIpc) is 3.12. The summed E-state index contributed by atoms with van der Waals surface area (Å²) in [7, 11) is 0. The first kappa shape index (κ1) is 24.8. The summed E-state index contributed by atoms with van der Waals surface area (Å²) in [6, 6.07) is 10.6. The number of aryl methyl sites for hydroxylation is 2. The highest BCUT2D eigenvalue weighted by atomic mass is 127. The zero-order valence-electron chi connectivity index (χ0n) is 17.4. The number of aromatic nitrogens is 2. The Labute approximate surface area is 191 Å². The summed E-state index contributed by atoms with van der Waals surface area (Å²) in [5, 5.41) is 6.76. The Hall–Kier alpha value is -1.22. The van der Waals surface area contributed by atoms with Crippen molar-refractivity contribution in [3.63, 3.8) is 0 Å². The van der Waals surface area contributed by atoms with Crippen LogP contribution in [-0.2, 0) is 19.5 Å². The number of hydrogen-bond donors (Lipinski definition) is 2. The first-order chi connectivity index (χ1) is 13.0. The quantitative estimate of drug-likeness (QED) is 0.281. The van der Waals surface area contributed by atoms with Crippen LogP contribution in [0.15, 0.2) is 47.7 Å². The van der Waals surface area contributed by atoms with Gasteiger partial charge in [-0.3, -0.25) is 0 Å². The third-order valence-electron chi connectivity index (χ3n) is 4.47. The molecule has 0 aliphatic rings. The van der Waals surface area contributed by atoms with E-state index in [1.807, 2.05) is 24.2 Å². The summed E-state index contributed by atoms with van der Waals surface area (Å²) in [6.45, 7) is 9.79. The maximum Gasteiger partial charge on any atom is 0.191 e. The van der Waals surface area contributed by atoms with E-state index in [4.69, 9.17) is 4.99 Å². The Kier molecular flexibility index (Phi) is 11.6. The van der Waals surface area contributed by atoms with E-state index in [9.17, 15) is 0 Å².